The molecule has 1 saturated heterocycles. The Labute approximate surface area is 175 Å². The summed E-state index contributed by atoms with van der Waals surface area (Å²) in [7, 11) is -3.73. The molecule has 2 aromatic heterocycles. The number of aromatic nitrogens is 3. The molecule has 0 spiro atoms. The van der Waals surface area contributed by atoms with Crippen molar-refractivity contribution in [3.63, 3.8) is 0 Å². The van der Waals surface area contributed by atoms with Crippen LogP contribution in [-0.4, -0.2) is 48.7 Å². The number of ether oxygens (including phenoxy) is 1. The van der Waals surface area contributed by atoms with Gasteiger partial charge in [-0.3, -0.25) is 0 Å². The molecule has 9 heteroatoms. The van der Waals surface area contributed by atoms with E-state index in [9.17, 15) is 8.42 Å². The monoisotopic (exact) mass is 425 g/mol. The van der Waals surface area contributed by atoms with Crippen LogP contribution in [0.25, 0.3) is 11.3 Å². The molecule has 0 radical (unpaired) electrons. The number of sulfone groups is 1. The van der Waals surface area contributed by atoms with E-state index in [1.165, 1.54) is 12.4 Å². The maximum Gasteiger partial charge on any atom is 0.219 e. The Balaban J connectivity index is 1.85. The zero-order chi connectivity index (χ0) is 21.3. The third kappa shape index (κ3) is 4.12. The zero-order valence-electron chi connectivity index (χ0n) is 16.8. The van der Waals surface area contributed by atoms with Crippen LogP contribution in [0.5, 0.6) is 0 Å². The molecule has 3 heterocycles. The number of hydrogen-bond acceptors (Lipinski definition) is 8. The van der Waals surface area contributed by atoms with Gasteiger partial charge in [-0.05, 0) is 38.1 Å². The number of nitrogen functional groups attached to an aromatic ring is 1. The molecule has 3 aromatic rings. The highest BCUT2D eigenvalue weighted by molar-refractivity contribution is 7.91. The van der Waals surface area contributed by atoms with Crippen molar-refractivity contribution in [1.29, 1.82) is 0 Å². The lowest BCUT2D eigenvalue weighted by Crippen LogP contribution is -2.45. The van der Waals surface area contributed by atoms with Gasteiger partial charge in [-0.1, -0.05) is 18.2 Å². The van der Waals surface area contributed by atoms with Crippen LogP contribution in [0, 0.1) is 0 Å². The maximum absolute atomic E-state index is 13.3. The first-order valence-electron chi connectivity index (χ1n) is 9.63. The van der Waals surface area contributed by atoms with Gasteiger partial charge in [-0.15, -0.1) is 0 Å². The highest BCUT2D eigenvalue weighted by Gasteiger charge is 2.26. The lowest BCUT2D eigenvalue weighted by Gasteiger charge is -2.36. The Hall–Kier alpha value is -3.04. The Morgan fingerprint density at radius 3 is 2.27 bits per heavy atom. The molecule has 1 aromatic carbocycles. The van der Waals surface area contributed by atoms with Gasteiger partial charge >= 0.3 is 0 Å². The number of hydrogen-bond donors (Lipinski definition) is 1. The van der Waals surface area contributed by atoms with Crippen LogP contribution in [0.2, 0.25) is 0 Å². The molecule has 2 atom stereocenters. The number of rotatable bonds is 4. The number of pyridine rings is 1. The fourth-order valence-electron chi connectivity index (χ4n) is 3.53. The van der Waals surface area contributed by atoms with Crippen molar-refractivity contribution >= 4 is 21.6 Å². The van der Waals surface area contributed by atoms with Gasteiger partial charge in [0.2, 0.25) is 15.8 Å². The molecule has 0 aliphatic carbocycles. The van der Waals surface area contributed by atoms with Gasteiger partial charge < -0.3 is 15.4 Å². The Morgan fingerprint density at radius 2 is 1.63 bits per heavy atom. The summed E-state index contributed by atoms with van der Waals surface area (Å²) in [6.07, 6.45) is 3.09. The average Bonchev–Trinajstić information content (AvgIpc) is 2.74. The van der Waals surface area contributed by atoms with Gasteiger partial charge in [-0.2, -0.15) is 0 Å². The molecular formula is C21H23N5O3S. The number of anilines is 2. The molecule has 1 aliphatic rings. The number of benzene rings is 1. The van der Waals surface area contributed by atoms with Crippen molar-refractivity contribution in [3.05, 3.63) is 54.9 Å². The fourth-order valence-corrected chi connectivity index (χ4v) is 4.84. The standard InChI is InChI=1S/C21H23N5O3S/c1-14-12-26(13-15(2)29-14)20-9-18(30(27,28)17-6-4-3-5-7-17)8-19(25-20)16-10-23-21(22)24-11-16/h3-11,14-15H,12-13H2,1-2H3,(H2,22,23,24). The average molecular weight is 426 g/mol. The normalized spacial score (nSPS) is 19.6. The van der Waals surface area contributed by atoms with E-state index < -0.39 is 9.84 Å². The molecule has 0 amide bonds. The Bertz CT molecular complexity index is 1130. The molecule has 1 fully saturated rings. The summed E-state index contributed by atoms with van der Waals surface area (Å²) in [6.45, 7) is 5.21. The number of morpholine rings is 1. The first kappa shape index (κ1) is 20.2. The summed E-state index contributed by atoms with van der Waals surface area (Å²) in [5.41, 5.74) is 6.65. The van der Waals surface area contributed by atoms with Gasteiger partial charge in [-0.25, -0.2) is 23.4 Å². The van der Waals surface area contributed by atoms with E-state index >= 15 is 0 Å². The highest BCUT2D eigenvalue weighted by atomic mass is 32.2. The van der Waals surface area contributed by atoms with Crippen LogP contribution >= 0.6 is 0 Å². The summed E-state index contributed by atoms with van der Waals surface area (Å²) < 4.78 is 32.4. The van der Waals surface area contributed by atoms with Gasteiger partial charge in [0.15, 0.2) is 0 Å². The van der Waals surface area contributed by atoms with Gasteiger partial charge in [0.05, 0.1) is 27.7 Å². The molecule has 0 saturated carbocycles. The van der Waals surface area contributed by atoms with Crippen molar-refractivity contribution in [2.24, 2.45) is 0 Å². The van der Waals surface area contributed by atoms with Crippen molar-refractivity contribution in [2.75, 3.05) is 23.7 Å². The lowest BCUT2D eigenvalue weighted by atomic mass is 10.2. The van der Waals surface area contributed by atoms with Crippen LogP contribution in [0.15, 0.2) is 64.6 Å². The summed E-state index contributed by atoms with van der Waals surface area (Å²) in [5, 5.41) is 0. The van der Waals surface area contributed by atoms with Crippen LogP contribution in [0.3, 0.4) is 0 Å². The molecule has 2 N–H and O–H groups in total. The van der Waals surface area contributed by atoms with E-state index in [4.69, 9.17) is 15.5 Å². The van der Waals surface area contributed by atoms with E-state index in [1.807, 2.05) is 18.7 Å². The lowest BCUT2D eigenvalue weighted by molar-refractivity contribution is -0.00546. The van der Waals surface area contributed by atoms with Crippen molar-refractivity contribution in [1.82, 2.24) is 15.0 Å². The zero-order valence-corrected chi connectivity index (χ0v) is 17.6. The van der Waals surface area contributed by atoms with Gasteiger partial charge in [0, 0.05) is 31.0 Å². The van der Waals surface area contributed by atoms with Crippen molar-refractivity contribution in [3.8, 4) is 11.3 Å². The third-order valence-electron chi connectivity index (χ3n) is 4.86. The second-order valence-corrected chi connectivity index (χ2v) is 9.30. The van der Waals surface area contributed by atoms with Crippen LogP contribution < -0.4 is 10.6 Å². The largest absolute Gasteiger partial charge is 0.372 e. The molecule has 0 bridgehead atoms. The van der Waals surface area contributed by atoms with Crippen molar-refractivity contribution < 1.29 is 13.2 Å². The summed E-state index contributed by atoms with van der Waals surface area (Å²) in [6, 6.07) is 11.5. The number of nitrogens with zero attached hydrogens (tertiary/aromatic N) is 4. The Kier molecular flexibility index (Phi) is 5.40. The second kappa shape index (κ2) is 8.00. The van der Waals surface area contributed by atoms with Gasteiger partial charge in [0.1, 0.15) is 5.82 Å². The molecular weight excluding hydrogens is 402 g/mol. The maximum atomic E-state index is 13.3. The summed E-state index contributed by atoms with van der Waals surface area (Å²) in [4.78, 5) is 15.2. The van der Waals surface area contributed by atoms with Gasteiger partial charge in [0.25, 0.3) is 0 Å². The van der Waals surface area contributed by atoms with Crippen LogP contribution in [-0.2, 0) is 14.6 Å². The smallest absolute Gasteiger partial charge is 0.219 e. The molecule has 2 unspecified atom stereocenters. The predicted molar refractivity (Wildman–Crippen MR) is 114 cm³/mol. The van der Waals surface area contributed by atoms with E-state index in [0.29, 0.717) is 30.2 Å². The minimum absolute atomic E-state index is 0.00763. The van der Waals surface area contributed by atoms with E-state index in [2.05, 4.69) is 9.97 Å². The molecule has 4 rings (SSSR count). The molecule has 8 nitrogen and oxygen atoms in total. The number of nitrogens with two attached hydrogens (primary N) is 1. The molecule has 156 valence electrons. The van der Waals surface area contributed by atoms with Crippen LogP contribution in [0.4, 0.5) is 11.8 Å². The minimum Gasteiger partial charge on any atom is -0.372 e. The molecule has 30 heavy (non-hydrogen) atoms. The van der Waals surface area contributed by atoms with Crippen LogP contribution in [0.1, 0.15) is 13.8 Å². The molecule has 1 aliphatic heterocycles. The van der Waals surface area contributed by atoms with Crippen molar-refractivity contribution in [2.45, 2.75) is 35.8 Å². The van der Waals surface area contributed by atoms with E-state index in [1.54, 1.807) is 42.5 Å². The second-order valence-electron chi connectivity index (χ2n) is 7.36. The summed E-state index contributed by atoms with van der Waals surface area (Å²) in [5.74, 6) is 0.712. The summed E-state index contributed by atoms with van der Waals surface area (Å²) >= 11 is 0. The third-order valence-corrected chi connectivity index (χ3v) is 6.61. The first-order chi connectivity index (χ1) is 14.3. The Morgan fingerprint density at radius 1 is 1.00 bits per heavy atom. The van der Waals surface area contributed by atoms with E-state index in [0.717, 1.165) is 0 Å². The quantitative estimate of drug-likeness (QED) is 0.679. The van der Waals surface area contributed by atoms with E-state index in [-0.39, 0.29) is 27.9 Å². The first-order valence-corrected chi connectivity index (χ1v) is 11.1. The SMILES string of the molecule is CC1CN(c2cc(S(=O)(=O)c3ccccc3)cc(-c3cnc(N)nc3)n2)CC(C)O1. The highest BCUT2D eigenvalue weighted by Crippen LogP contribution is 2.30. The topological polar surface area (TPSA) is 111 Å². The fraction of sp³-hybridized carbons (Fsp3) is 0.286. The minimum atomic E-state index is -3.73. The predicted octanol–water partition coefficient (Wildman–Crippen LogP) is 2.57.